The summed E-state index contributed by atoms with van der Waals surface area (Å²) in [6.45, 7) is 2.26. The van der Waals surface area contributed by atoms with Crippen LogP contribution in [0.3, 0.4) is 0 Å². The third kappa shape index (κ3) is 8.68. The van der Waals surface area contributed by atoms with E-state index in [1.165, 1.54) is 82.8 Å². The number of alkyl halides is 1. The van der Waals surface area contributed by atoms with Crippen molar-refractivity contribution >= 4 is 21.8 Å². The van der Waals surface area contributed by atoms with E-state index in [1.807, 2.05) is 0 Å². The van der Waals surface area contributed by atoms with Crippen molar-refractivity contribution in [2.24, 2.45) is 0 Å². The molecule has 2 aromatic rings. The van der Waals surface area contributed by atoms with Crippen LogP contribution in [0.2, 0.25) is 0 Å². The lowest BCUT2D eigenvalue weighted by Gasteiger charge is -2.05. The van der Waals surface area contributed by atoms with Crippen LogP contribution >= 0.6 is 15.9 Å². The van der Waals surface area contributed by atoms with Gasteiger partial charge in [-0.05, 0) is 12.5 Å². The zero-order valence-corrected chi connectivity index (χ0v) is 18.9. The fourth-order valence-corrected chi connectivity index (χ4v) is 3.81. The first-order valence-corrected chi connectivity index (χ1v) is 11.8. The van der Waals surface area contributed by atoms with Gasteiger partial charge in [-0.3, -0.25) is 10.1 Å². The molecule has 0 aliphatic rings. The van der Waals surface area contributed by atoms with Gasteiger partial charge in [-0.15, -0.1) is 0 Å². The maximum absolute atomic E-state index is 10.7. The second-order valence-corrected chi connectivity index (χ2v) is 8.60. The van der Waals surface area contributed by atoms with Crippen LogP contribution in [-0.4, -0.2) is 15.1 Å². The summed E-state index contributed by atoms with van der Waals surface area (Å²) < 4.78 is 10.4. The van der Waals surface area contributed by atoms with Crippen molar-refractivity contribution in [1.29, 1.82) is 0 Å². The van der Waals surface area contributed by atoms with Gasteiger partial charge < -0.3 is 8.94 Å². The van der Waals surface area contributed by atoms with Crippen LogP contribution in [0.5, 0.6) is 0 Å². The van der Waals surface area contributed by atoms with Gasteiger partial charge in [0.1, 0.15) is 4.92 Å². The summed E-state index contributed by atoms with van der Waals surface area (Å²) in [5.41, 5.74) is 0. The molecule has 162 valence electrons. The van der Waals surface area contributed by atoms with E-state index in [2.05, 4.69) is 33.0 Å². The summed E-state index contributed by atoms with van der Waals surface area (Å²) >= 11 is 3.59. The molecular weight excluding hydrogens is 438 g/mol. The summed E-state index contributed by atoms with van der Waals surface area (Å²) in [4.78, 5) is 14.4. The average Bonchev–Trinajstić information content (AvgIpc) is 3.38. The molecule has 0 saturated heterocycles. The second-order valence-electron chi connectivity index (χ2n) is 7.50. The molecule has 0 aliphatic heterocycles. The van der Waals surface area contributed by atoms with Crippen molar-refractivity contribution in [3.8, 4) is 11.6 Å². The van der Waals surface area contributed by atoms with E-state index < -0.39 is 4.92 Å². The molecular formula is C21H32BrN3O4. The van der Waals surface area contributed by atoms with E-state index in [0.717, 1.165) is 12.8 Å². The summed E-state index contributed by atoms with van der Waals surface area (Å²) in [7, 11) is 0. The van der Waals surface area contributed by atoms with Gasteiger partial charge in [0.25, 0.3) is 0 Å². The molecule has 0 radical (unpaired) electrons. The molecule has 0 amide bonds. The molecule has 29 heavy (non-hydrogen) atoms. The number of hydrogen-bond donors (Lipinski definition) is 0. The predicted octanol–water partition coefficient (Wildman–Crippen LogP) is 7.77. The van der Waals surface area contributed by atoms with E-state index in [4.69, 9.17) is 8.94 Å². The molecule has 0 saturated carbocycles. The van der Waals surface area contributed by atoms with Crippen molar-refractivity contribution in [3.63, 3.8) is 0 Å². The number of halogens is 1. The number of furan rings is 1. The minimum atomic E-state index is -0.592. The maximum Gasteiger partial charge on any atom is 0.433 e. The van der Waals surface area contributed by atoms with Gasteiger partial charge in [0, 0.05) is 0 Å². The second kappa shape index (κ2) is 13.5. The smallest absolute Gasteiger partial charge is 0.397 e. The lowest BCUT2D eigenvalue weighted by atomic mass is 10.0. The molecule has 0 aliphatic carbocycles. The Morgan fingerprint density at radius 3 is 2.14 bits per heavy atom. The first kappa shape index (κ1) is 23.6. The van der Waals surface area contributed by atoms with Gasteiger partial charge in [-0.2, -0.15) is 4.98 Å². The van der Waals surface area contributed by atoms with Crippen LogP contribution in [0.4, 0.5) is 5.88 Å². The molecule has 8 heteroatoms. The number of rotatable bonds is 16. The van der Waals surface area contributed by atoms with Crippen LogP contribution in [0.15, 0.2) is 21.1 Å². The SMILES string of the molecule is CCCCCCCCCCCCCCC(Br)c1nc(-c2ccc([N+](=O)[O-])o2)no1. The Kier molecular flexibility index (Phi) is 11.0. The maximum atomic E-state index is 10.7. The third-order valence-electron chi connectivity index (χ3n) is 5.01. The molecule has 0 spiro atoms. The van der Waals surface area contributed by atoms with E-state index in [0.29, 0.717) is 5.89 Å². The van der Waals surface area contributed by atoms with Crippen molar-refractivity contribution in [2.75, 3.05) is 0 Å². The van der Waals surface area contributed by atoms with Gasteiger partial charge in [0.15, 0.2) is 5.76 Å². The standard InChI is InChI=1S/C21H32BrN3O4/c1-2-3-4-5-6-7-8-9-10-11-12-13-14-17(22)21-23-20(24-29-21)18-15-16-19(28-18)25(26)27/h15-17H,2-14H2,1H3. The highest BCUT2D eigenvalue weighted by Gasteiger charge is 2.20. The summed E-state index contributed by atoms with van der Waals surface area (Å²) in [5, 5.41) is 14.5. The molecule has 2 rings (SSSR count). The fraction of sp³-hybridized carbons (Fsp3) is 0.714. The topological polar surface area (TPSA) is 95.2 Å². The molecule has 0 fully saturated rings. The summed E-state index contributed by atoms with van der Waals surface area (Å²) in [5.74, 6) is 0.601. The van der Waals surface area contributed by atoms with Crippen molar-refractivity contribution in [1.82, 2.24) is 10.1 Å². The molecule has 1 atom stereocenters. The Morgan fingerprint density at radius 2 is 1.59 bits per heavy atom. The monoisotopic (exact) mass is 469 g/mol. The highest BCUT2D eigenvalue weighted by atomic mass is 79.9. The van der Waals surface area contributed by atoms with E-state index in [9.17, 15) is 10.1 Å². The van der Waals surface area contributed by atoms with Gasteiger partial charge in [0.2, 0.25) is 11.7 Å². The van der Waals surface area contributed by atoms with Gasteiger partial charge in [0.05, 0.1) is 10.9 Å². The fourth-order valence-electron chi connectivity index (χ4n) is 3.30. The normalized spacial score (nSPS) is 12.3. The Labute approximate surface area is 180 Å². The number of aromatic nitrogens is 2. The van der Waals surface area contributed by atoms with Crippen molar-refractivity contribution < 1.29 is 13.9 Å². The average molecular weight is 470 g/mol. The first-order chi connectivity index (χ1) is 14.1. The van der Waals surface area contributed by atoms with Crippen molar-refractivity contribution in [2.45, 2.75) is 95.2 Å². The van der Waals surface area contributed by atoms with E-state index in [1.54, 1.807) is 0 Å². The Bertz CT molecular complexity index is 716. The Balaban J connectivity index is 1.55. The van der Waals surface area contributed by atoms with Crippen LogP contribution in [0.1, 0.15) is 101 Å². The zero-order chi connectivity index (χ0) is 20.9. The van der Waals surface area contributed by atoms with Crippen LogP contribution in [-0.2, 0) is 0 Å². The third-order valence-corrected chi connectivity index (χ3v) is 5.86. The molecule has 0 aromatic carbocycles. The molecule has 7 nitrogen and oxygen atoms in total. The van der Waals surface area contributed by atoms with E-state index >= 15 is 0 Å². The summed E-state index contributed by atoms with van der Waals surface area (Å²) in [6, 6.07) is 2.75. The first-order valence-electron chi connectivity index (χ1n) is 10.8. The van der Waals surface area contributed by atoms with Gasteiger partial charge in [-0.1, -0.05) is 105 Å². The molecule has 1 unspecified atom stereocenters. The number of nitrogens with zero attached hydrogens (tertiary/aromatic N) is 3. The Morgan fingerprint density at radius 1 is 1.00 bits per heavy atom. The lowest BCUT2D eigenvalue weighted by molar-refractivity contribution is -0.401. The lowest BCUT2D eigenvalue weighted by Crippen LogP contribution is -1.91. The van der Waals surface area contributed by atoms with E-state index in [-0.39, 0.29) is 22.3 Å². The van der Waals surface area contributed by atoms with Crippen molar-refractivity contribution in [3.05, 3.63) is 28.1 Å². The predicted molar refractivity (Wildman–Crippen MR) is 116 cm³/mol. The molecule has 0 bridgehead atoms. The Hall–Kier alpha value is -1.70. The minimum absolute atomic E-state index is 0.0168. The van der Waals surface area contributed by atoms with Crippen LogP contribution in [0.25, 0.3) is 11.6 Å². The molecule has 2 heterocycles. The quantitative estimate of drug-likeness (QED) is 0.108. The zero-order valence-electron chi connectivity index (χ0n) is 17.3. The number of hydrogen-bond acceptors (Lipinski definition) is 6. The molecule has 2 aromatic heterocycles. The highest BCUT2D eigenvalue weighted by molar-refractivity contribution is 9.09. The number of nitro groups is 1. The minimum Gasteiger partial charge on any atom is -0.397 e. The largest absolute Gasteiger partial charge is 0.433 e. The van der Waals surface area contributed by atoms with Gasteiger partial charge in [-0.25, -0.2) is 0 Å². The summed E-state index contributed by atoms with van der Waals surface area (Å²) in [6.07, 6.45) is 16.7. The van der Waals surface area contributed by atoms with Crippen LogP contribution < -0.4 is 0 Å². The molecule has 0 N–H and O–H groups in total. The van der Waals surface area contributed by atoms with Gasteiger partial charge >= 0.3 is 5.88 Å². The number of unbranched alkanes of at least 4 members (excludes halogenated alkanes) is 11. The highest BCUT2D eigenvalue weighted by Crippen LogP contribution is 2.30. The van der Waals surface area contributed by atoms with Crippen LogP contribution in [0, 0.1) is 10.1 Å².